The molecule has 1 N–H and O–H groups in total. The fourth-order valence-electron chi connectivity index (χ4n) is 3.32. The summed E-state index contributed by atoms with van der Waals surface area (Å²) in [7, 11) is 4.45. The van der Waals surface area contributed by atoms with E-state index in [9.17, 15) is 0 Å². The van der Waals surface area contributed by atoms with Crippen molar-refractivity contribution in [3.05, 3.63) is 12.7 Å². The van der Waals surface area contributed by atoms with Gasteiger partial charge in [-0.3, -0.25) is 0 Å². The molecule has 1 saturated carbocycles. The van der Waals surface area contributed by atoms with Gasteiger partial charge in [-0.25, -0.2) is 0 Å². The third-order valence-corrected chi connectivity index (χ3v) is 4.33. The average Bonchev–Trinajstić information content (AvgIpc) is 2.29. The molecule has 2 nitrogen and oxygen atoms in total. The van der Waals surface area contributed by atoms with E-state index in [4.69, 9.17) is 0 Å². The SMILES string of the molecule is C=CC(NCCC)C1(N(C)C)CCCC(C)C1. The van der Waals surface area contributed by atoms with Gasteiger partial charge in [-0.05, 0) is 45.8 Å². The number of rotatable bonds is 6. The van der Waals surface area contributed by atoms with Crippen molar-refractivity contribution in [1.82, 2.24) is 10.2 Å². The van der Waals surface area contributed by atoms with E-state index in [1.807, 2.05) is 0 Å². The molecule has 0 aliphatic heterocycles. The first-order valence-electron chi connectivity index (χ1n) is 7.10. The standard InChI is InChI=1S/C15H30N2/c1-6-11-16-14(7-2)15(17(4)5)10-8-9-13(3)12-15/h7,13-14,16H,2,6,8-12H2,1,3-5H3. The van der Waals surface area contributed by atoms with Gasteiger partial charge in [-0.15, -0.1) is 6.58 Å². The first-order valence-corrected chi connectivity index (χ1v) is 7.10. The summed E-state index contributed by atoms with van der Waals surface area (Å²) in [6, 6.07) is 0.417. The van der Waals surface area contributed by atoms with Crippen molar-refractivity contribution in [1.29, 1.82) is 0 Å². The first kappa shape index (κ1) is 14.7. The molecule has 2 heteroatoms. The van der Waals surface area contributed by atoms with Crippen LogP contribution in [0.1, 0.15) is 46.0 Å². The monoisotopic (exact) mass is 238 g/mol. The number of hydrogen-bond donors (Lipinski definition) is 1. The van der Waals surface area contributed by atoms with Crippen LogP contribution >= 0.6 is 0 Å². The van der Waals surface area contributed by atoms with Crippen molar-refractivity contribution in [2.75, 3.05) is 20.6 Å². The molecule has 1 fully saturated rings. The second kappa shape index (κ2) is 6.55. The smallest absolute Gasteiger partial charge is 0.0433 e. The Morgan fingerprint density at radius 1 is 1.53 bits per heavy atom. The van der Waals surface area contributed by atoms with E-state index < -0.39 is 0 Å². The molecule has 100 valence electrons. The van der Waals surface area contributed by atoms with Gasteiger partial charge in [0.2, 0.25) is 0 Å². The maximum absolute atomic E-state index is 4.05. The minimum absolute atomic E-state index is 0.272. The van der Waals surface area contributed by atoms with Gasteiger partial charge in [0, 0.05) is 11.6 Å². The van der Waals surface area contributed by atoms with E-state index >= 15 is 0 Å². The average molecular weight is 238 g/mol. The Hall–Kier alpha value is -0.340. The lowest BCUT2D eigenvalue weighted by Gasteiger charge is -2.49. The van der Waals surface area contributed by atoms with Gasteiger partial charge in [-0.2, -0.15) is 0 Å². The fraction of sp³-hybridized carbons (Fsp3) is 0.867. The quantitative estimate of drug-likeness (QED) is 0.716. The molecule has 1 rings (SSSR count). The Kier molecular flexibility index (Phi) is 5.68. The van der Waals surface area contributed by atoms with Gasteiger partial charge < -0.3 is 10.2 Å². The summed E-state index contributed by atoms with van der Waals surface area (Å²) in [6.07, 6.45) is 8.60. The number of nitrogens with zero attached hydrogens (tertiary/aromatic N) is 1. The molecule has 3 atom stereocenters. The molecule has 0 aromatic rings. The third-order valence-electron chi connectivity index (χ3n) is 4.33. The largest absolute Gasteiger partial charge is 0.309 e. The Morgan fingerprint density at radius 3 is 2.71 bits per heavy atom. The first-order chi connectivity index (χ1) is 8.06. The lowest BCUT2D eigenvalue weighted by atomic mass is 9.71. The summed E-state index contributed by atoms with van der Waals surface area (Å²) in [5.74, 6) is 0.831. The van der Waals surface area contributed by atoms with E-state index in [1.165, 1.54) is 32.1 Å². The van der Waals surface area contributed by atoms with Crippen LogP contribution < -0.4 is 5.32 Å². The van der Waals surface area contributed by atoms with Gasteiger partial charge in [0.15, 0.2) is 0 Å². The van der Waals surface area contributed by atoms with Crippen LogP contribution in [0.25, 0.3) is 0 Å². The van der Waals surface area contributed by atoms with Crippen LogP contribution in [-0.2, 0) is 0 Å². The molecular formula is C15H30N2. The van der Waals surface area contributed by atoms with Crippen molar-refractivity contribution in [2.24, 2.45) is 5.92 Å². The summed E-state index contributed by atoms with van der Waals surface area (Å²) in [5.41, 5.74) is 0.272. The molecule has 0 aromatic carbocycles. The molecule has 0 heterocycles. The van der Waals surface area contributed by atoms with Crippen LogP contribution in [0.2, 0.25) is 0 Å². The van der Waals surface area contributed by atoms with Crippen LogP contribution in [0.4, 0.5) is 0 Å². The molecule has 17 heavy (non-hydrogen) atoms. The third kappa shape index (κ3) is 3.32. The van der Waals surface area contributed by atoms with Crippen LogP contribution in [0.15, 0.2) is 12.7 Å². The highest BCUT2D eigenvalue weighted by Gasteiger charge is 2.41. The predicted molar refractivity (Wildman–Crippen MR) is 76.3 cm³/mol. The molecule has 3 unspecified atom stereocenters. The maximum Gasteiger partial charge on any atom is 0.0433 e. The minimum atomic E-state index is 0.272. The van der Waals surface area contributed by atoms with E-state index in [1.54, 1.807) is 0 Å². The fourth-order valence-corrected chi connectivity index (χ4v) is 3.32. The molecule has 0 spiro atoms. The van der Waals surface area contributed by atoms with Crippen molar-refractivity contribution in [3.8, 4) is 0 Å². The van der Waals surface area contributed by atoms with Gasteiger partial charge >= 0.3 is 0 Å². The second-order valence-electron chi connectivity index (χ2n) is 5.87. The van der Waals surface area contributed by atoms with Crippen molar-refractivity contribution in [2.45, 2.75) is 57.5 Å². The summed E-state index contributed by atoms with van der Waals surface area (Å²) < 4.78 is 0. The van der Waals surface area contributed by atoms with E-state index in [2.05, 4.69) is 50.8 Å². The number of likely N-dealkylation sites (N-methyl/N-ethyl adjacent to an activating group) is 1. The Labute approximate surface area is 107 Å². The predicted octanol–water partition coefficient (Wildman–Crippen LogP) is 3.05. The van der Waals surface area contributed by atoms with Crippen LogP contribution in [0.5, 0.6) is 0 Å². The van der Waals surface area contributed by atoms with Crippen LogP contribution in [0, 0.1) is 5.92 Å². The summed E-state index contributed by atoms with van der Waals surface area (Å²) in [4.78, 5) is 2.43. The highest BCUT2D eigenvalue weighted by atomic mass is 15.2. The van der Waals surface area contributed by atoms with Gasteiger partial charge in [0.25, 0.3) is 0 Å². The number of hydrogen-bond acceptors (Lipinski definition) is 2. The normalized spacial score (nSPS) is 31.5. The summed E-state index contributed by atoms with van der Waals surface area (Å²) in [5, 5.41) is 3.67. The molecule has 0 aromatic heterocycles. The zero-order valence-electron chi connectivity index (χ0n) is 12.1. The van der Waals surface area contributed by atoms with E-state index in [-0.39, 0.29) is 5.54 Å². The zero-order valence-corrected chi connectivity index (χ0v) is 12.1. The highest BCUT2D eigenvalue weighted by Crippen LogP contribution is 2.38. The highest BCUT2D eigenvalue weighted by molar-refractivity contribution is 5.08. The summed E-state index contributed by atoms with van der Waals surface area (Å²) >= 11 is 0. The summed E-state index contributed by atoms with van der Waals surface area (Å²) in [6.45, 7) is 9.74. The molecular weight excluding hydrogens is 208 g/mol. The molecule has 1 aliphatic rings. The molecule has 0 saturated heterocycles. The van der Waals surface area contributed by atoms with Crippen LogP contribution in [-0.4, -0.2) is 37.1 Å². The van der Waals surface area contributed by atoms with Crippen molar-refractivity contribution < 1.29 is 0 Å². The van der Waals surface area contributed by atoms with Crippen molar-refractivity contribution >= 4 is 0 Å². The molecule has 0 amide bonds. The topological polar surface area (TPSA) is 15.3 Å². The van der Waals surface area contributed by atoms with Crippen LogP contribution in [0.3, 0.4) is 0 Å². The second-order valence-corrected chi connectivity index (χ2v) is 5.87. The lowest BCUT2D eigenvalue weighted by molar-refractivity contribution is 0.0526. The van der Waals surface area contributed by atoms with E-state index in [0.717, 1.165) is 12.5 Å². The Balaban J connectivity index is 2.83. The van der Waals surface area contributed by atoms with Crippen molar-refractivity contribution in [3.63, 3.8) is 0 Å². The number of nitrogens with one attached hydrogen (secondary N) is 1. The molecule has 1 aliphatic carbocycles. The molecule has 0 radical (unpaired) electrons. The minimum Gasteiger partial charge on any atom is -0.309 e. The van der Waals surface area contributed by atoms with E-state index in [0.29, 0.717) is 6.04 Å². The van der Waals surface area contributed by atoms with Gasteiger partial charge in [0.1, 0.15) is 0 Å². The van der Waals surface area contributed by atoms with Gasteiger partial charge in [0.05, 0.1) is 0 Å². The Morgan fingerprint density at radius 2 is 2.24 bits per heavy atom. The maximum atomic E-state index is 4.05. The molecule has 0 bridgehead atoms. The van der Waals surface area contributed by atoms with Gasteiger partial charge in [-0.1, -0.05) is 32.8 Å². The Bertz CT molecular complexity index is 237. The zero-order chi connectivity index (χ0) is 12.9. The lowest BCUT2D eigenvalue weighted by Crippen LogP contribution is -2.60.